The number of hydrogen-bond donors (Lipinski definition) is 2. The van der Waals surface area contributed by atoms with Crippen molar-refractivity contribution in [2.24, 2.45) is 0 Å². The zero-order valence-electron chi connectivity index (χ0n) is 15.5. The summed E-state index contributed by atoms with van der Waals surface area (Å²) in [6, 6.07) is 13.0. The molecule has 0 spiro atoms. The molecule has 2 aromatic carbocycles. The predicted octanol–water partition coefficient (Wildman–Crippen LogP) is 4.14. The molecule has 3 N–H and O–H groups in total. The summed E-state index contributed by atoms with van der Waals surface area (Å²) in [7, 11) is 3.56. The minimum Gasteiger partial charge on any atom is -0.495 e. The molecule has 0 fully saturated rings. The summed E-state index contributed by atoms with van der Waals surface area (Å²) in [5, 5.41) is 4.18. The largest absolute Gasteiger partial charge is 0.495 e. The Kier molecular flexibility index (Phi) is 6.51. The SMILES string of the molecule is COc1ccccc1Nc1nc(N)nc(CN(C)Cc2ccc(Cl)c(Cl)c2)n1. The summed E-state index contributed by atoms with van der Waals surface area (Å²) in [5.74, 6) is 1.73. The molecule has 0 bridgehead atoms. The number of nitrogens with one attached hydrogen (secondary N) is 1. The Hall–Kier alpha value is -2.61. The standard InChI is InChI=1S/C19H20Cl2N6O/c1-27(10-12-7-8-13(20)14(21)9-12)11-17-24-18(22)26-19(25-17)23-15-5-3-4-6-16(15)28-2/h3-9H,10-11H2,1-2H3,(H3,22,23,24,25,26). The molecule has 1 heterocycles. The van der Waals surface area contributed by atoms with E-state index in [0.29, 0.717) is 40.7 Å². The molecule has 3 aromatic rings. The number of nitrogens with two attached hydrogens (primary N) is 1. The highest BCUT2D eigenvalue weighted by atomic mass is 35.5. The molecule has 0 atom stereocenters. The number of benzene rings is 2. The molecule has 7 nitrogen and oxygen atoms in total. The van der Waals surface area contributed by atoms with Gasteiger partial charge in [-0.1, -0.05) is 41.4 Å². The third-order valence-corrected chi connectivity index (χ3v) is 4.64. The molecule has 1 aromatic heterocycles. The van der Waals surface area contributed by atoms with E-state index in [2.05, 4.69) is 20.3 Å². The Labute approximate surface area is 173 Å². The van der Waals surface area contributed by atoms with Crippen LogP contribution in [0, 0.1) is 0 Å². The molecule has 9 heteroatoms. The van der Waals surface area contributed by atoms with Crippen molar-refractivity contribution in [2.45, 2.75) is 13.1 Å². The molecule has 0 saturated heterocycles. The van der Waals surface area contributed by atoms with Crippen molar-refractivity contribution in [3.8, 4) is 5.75 Å². The zero-order chi connectivity index (χ0) is 20.1. The smallest absolute Gasteiger partial charge is 0.232 e. The average Bonchev–Trinajstić information content (AvgIpc) is 2.64. The van der Waals surface area contributed by atoms with Gasteiger partial charge in [0.15, 0.2) is 0 Å². The van der Waals surface area contributed by atoms with Crippen molar-refractivity contribution in [1.82, 2.24) is 19.9 Å². The molecular formula is C19H20Cl2N6O. The summed E-state index contributed by atoms with van der Waals surface area (Å²) in [5.41, 5.74) is 7.64. The van der Waals surface area contributed by atoms with Crippen LogP contribution in [0.4, 0.5) is 17.6 Å². The first-order valence-corrected chi connectivity index (χ1v) is 9.23. The van der Waals surface area contributed by atoms with Crippen LogP contribution in [0.1, 0.15) is 11.4 Å². The minimum atomic E-state index is 0.144. The van der Waals surface area contributed by atoms with Crippen LogP contribution >= 0.6 is 23.2 Å². The van der Waals surface area contributed by atoms with Crippen LogP contribution in [-0.4, -0.2) is 34.0 Å². The van der Waals surface area contributed by atoms with E-state index in [1.807, 2.05) is 48.3 Å². The van der Waals surface area contributed by atoms with E-state index in [1.54, 1.807) is 13.2 Å². The molecule has 0 saturated carbocycles. The number of aromatic nitrogens is 3. The first-order valence-electron chi connectivity index (χ1n) is 8.47. The second-order valence-electron chi connectivity index (χ2n) is 6.18. The number of methoxy groups -OCH3 is 1. The summed E-state index contributed by atoms with van der Waals surface area (Å²) in [6.45, 7) is 1.13. The van der Waals surface area contributed by atoms with E-state index >= 15 is 0 Å². The first kappa shape index (κ1) is 20.1. The van der Waals surface area contributed by atoms with Gasteiger partial charge in [-0.25, -0.2) is 0 Å². The van der Waals surface area contributed by atoms with Crippen molar-refractivity contribution in [3.63, 3.8) is 0 Å². The van der Waals surface area contributed by atoms with E-state index in [0.717, 1.165) is 11.3 Å². The lowest BCUT2D eigenvalue weighted by Gasteiger charge is -2.17. The van der Waals surface area contributed by atoms with Crippen LogP contribution < -0.4 is 15.8 Å². The van der Waals surface area contributed by atoms with Gasteiger partial charge in [-0.3, -0.25) is 4.90 Å². The summed E-state index contributed by atoms with van der Waals surface area (Å²) in [4.78, 5) is 14.9. The Morgan fingerprint density at radius 1 is 1.04 bits per heavy atom. The van der Waals surface area contributed by atoms with Crippen LogP contribution in [0.15, 0.2) is 42.5 Å². The maximum atomic E-state index is 6.08. The number of ether oxygens (including phenoxy) is 1. The Morgan fingerprint density at radius 2 is 1.82 bits per heavy atom. The molecule has 0 aliphatic heterocycles. The average molecular weight is 419 g/mol. The molecule has 28 heavy (non-hydrogen) atoms. The van der Waals surface area contributed by atoms with Gasteiger partial charge in [0.05, 0.1) is 29.4 Å². The predicted molar refractivity (Wildman–Crippen MR) is 112 cm³/mol. The number of para-hydroxylation sites is 2. The normalized spacial score (nSPS) is 10.9. The fraction of sp³-hybridized carbons (Fsp3) is 0.211. The van der Waals surface area contributed by atoms with Crippen molar-refractivity contribution in [3.05, 3.63) is 63.9 Å². The highest BCUT2D eigenvalue weighted by Gasteiger charge is 2.11. The quantitative estimate of drug-likeness (QED) is 0.595. The summed E-state index contributed by atoms with van der Waals surface area (Å²) < 4.78 is 5.33. The van der Waals surface area contributed by atoms with Crippen LogP contribution in [-0.2, 0) is 13.1 Å². The summed E-state index contributed by atoms with van der Waals surface area (Å²) >= 11 is 12.0. The molecule has 0 aliphatic carbocycles. The maximum Gasteiger partial charge on any atom is 0.232 e. The van der Waals surface area contributed by atoms with Crippen LogP contribution in [0.3, 0.4) is 0 Å². The van der Waals surface area contributed by atoms with Gasteiger partial charge in [-0.05, 0) is 36.9 Å². The lowest BCUT2D eigenvalue weighted by atomic mass is 10.2. The lowest BCUT2D eigenvalue weighted by Crippen LogP contribution is -2.20. The minimum absolute atomic E-state index is 0.144. The van der Waals surface area contributed by atoms with Gasteiger partial charge < -0.3 is 15.8 Å². The number of rotatable bonds is 7. The Balaban J connectivity index is 1.72. The lowest BCUT2D eigenvalue weighted by molar-refractivity contribution is 0.310. The highest BCUT2D eigenvalue weighted by Crippen LogP contribution is 2.26. The monoisotopic (exact) mass is 418 g/mol. The van der Waals surface area contributed by atoms with Gasteiger partial charge in [0.25, 0.3) is 0 Å². The molecule has 0 radical (unpaired) electrons. The maximum absolute atomic E-state index is 6.08. The molecule has 0 aliphatic rings. The van der Waals surface area contributed by atoms with Gasteiger partial charge >= 0.3 is 0 Å². The van der Waals surface area contributed by atoms with Gasteiger partial charge in [0.1, 0.15) is 11.6 Å². The fourth-order valence-electron chi connectivity index (χ4n) is 2.68. The number of nitrogens with zero attached hydrogens (tertiary/aromatic N) is 4. The molecule has 0 amide bonds. The molecule has 0 unspecified atom stereocenters. The number of hydrogen-bond acceptors (Lipinski definition) is 7. The van der Waals surface area contributed by atoms with Crippen molar-refractivity contribution < 1.29 is 4.74 Å². The third kappa shape index (κ3) is 5.22. The molecule has 146 valence electrons. The van der Waals surface area contributed by atoms with Gasteiger partial charge in [0, 0.05) is 6.54 Å². The van der Waals surface area contributed by atoms with Crippen molar-refractivity contribution in [1.29, 1.82) is 0 Å². The highest BCUT2D eigenvalue weighted by molar-refractivity contribution is 6.42. The van der Waals surface area contributed by atoms with Crippen molar-refractivity contribution in [2.75, 3.05) is 25.2 Å². The number of halogens is 2. The van der Waals surface area contributed by atoms with Crippen LogP contribution in [0.25, 0.3) is 0 Å². The Bertz CT molecular complexity index is 969. The molecular weight excluding hydrogens is 399 g/mol. The zero-order valence-corrected chi connectivity index (χ0v) is 17.0. The topological polar surface area (TPSA) is 89.2 Å². The van der Waals surface area contributed by atoms with Gasteiger partial charge in [-0.15, -0.1) is 0 Å². The fourth-order valence-corrected chi connectivity index (χ4v) is 3.00. The Morgan fingerprint density at radius 3 is 2.57 bits per heavy atom. The molecule has 3 rings (SSSR count). The van der Waals surface area contributed by atoms with E-state index in [1.165, 1.54) is 0 Å². The van der Waals surface area contributed by atoms with E-state index in [4.69, 9.17) is 33.7 Å². The van der Waals surface area contributed by atoms with E-state index in [9.17, 15) is 0 Å². The summed E-state index contributed by atoms with van der Waals surface area (Å²) in [6.07, 6.45) is 0. The first-order chi connectivity index (χ1) is 13.4. The van der Waals surface area contributed by atoms with E-state index in [-0.39, 0.29) is 5.95 Å². The van der Waals surface area contributed by atoms with Gasteiger partial charge in [-0.2, -0.15) is 15.0 Å². The third-order valence-electron chi connectivity index (χ3n) is 3.90. The second-order valence-corrected chi connectivity index (χ2v) is 6.99. The van der Waals surface area contributed by atoms with Crippen molar-refractivity contribution >= 4 is 40.8 Å². The van der Waals surface area contributed by atoms with Crippen LogP contribution in [0.2, 0.25) is 10.0 Å². The number of anilines is 3. The second kappa shape index (κ2) is 9.05. The van der Waals surface area contributed by atoms with Gasteiger partial charge in [0.2, 0.25) is 11.9 Å². The van der Waals surface area contributed by atoms with E-state index < -0.39 is 0 Å². The van der Waals surface area contributed by atoms with Crippen LogP contribution in [0.5, 0.6) is 5.75 Å². The number of nitrogen functional groups attached to an aromatic ring is 1.